The van der Waals surface area contributed by atoms with Crippen molar-refractivity contribution in [3.05, 3.63) is 48.2 Å². The van der Waals surface area contributed by atoms with Crippen LogP contribution in [0.4, 0.5) is 0 Å². The van der Waals surface area contributed by atoms with Crippen LogP contribution < -0.4 is 5.56 Å². The average Bonchev–Trinajstić information content (AvgIpc) is 2.62. The second kappa shape index (κ2) is 5.45. The summed E-state index contributed by atoms with van der Waals surface area (Å²) < 4.78 is 2.09. The molecule has 100 valence electrons. The third-order valence-corrected chi connectivity index (χ3v) is 4.07. The molecule has 0 radical (unpaired) electrons. The Morgan fingerprint density at radius 2 is 2.05 bits per heavy atom. The van der Waals surface area contributed by atoms with Crippen molar-refractivity contribution in [2.75, 3.05) is 0 Å². The number of hydrogen-bond donors (Lipinski definition) is 0. The number of nitrogens with zero attached hydrogens (tertiary/aromatic N) is 2. The zero-order chi connectivity index (χ0) is 14.2. The summed E-state index contributed by atoms with van der Waals surface area (Å²) in [6, 6.07) is 2.90. The highest BCUT2D eigenvalue weighted by Gasteiger charge is 2.16. The lowest BCUT2D eigenvalue weighted by Crippen LogP contribution is -2.27. The van der Waals surface area contributed by atoms with Crippen LogP contribution in [-0.4, -0.2) is 15.3 Å². The fourth-order valence-corrected chi connectivity index (χ4v) is 3.21. The lowest BCUT2D eigenvalue weighted by atomic mass is 10.2. The number of ketones is 1. The molecule has 0 saturated heterocycles. The number of carbonyl (C=O) groups is 1. The molecule has 0 aliphatic rings. The molecule has 2 aromatic heterocycles. The fourth-order valence-electron chi connectivity index (χ4n) is 1.72. The van der Waals surface area contributed by atoms with Crippen LogP contribution in [0.3, 0.4) is 0 Å². The molecule has 4 nitrogen and oxygen atoms in total. The minimum atomic E-state index is -0.260. The van der Waals surface area contributed by atoms with Gasteiger partial charge in [0.05, 0.1) is 16.4 Å². The molecular formula is C12H10Cl2N2O2S. The van der Waals surface area contributed by atoms with E-state index in [1.165, 1.54) is 16.7 Å². The summed E-state index contributed by atoms with van der Waals surface area (Å²) in [5, 5.41) is 0. The molecule has 0 amide bonds. The van der Waals surface area contributed by atoms with E-state index in [1.54, 1.807) is 13.8 Å². The van der Waals surface area contributed by atoms with Crippen molar-refractivity contribution in [2.45, 2.75) is 20.4 Å². The fraction of sp³-hybridized carbons (Fsp3) is 0.250. The van der Waals surface area contributed by atoms with Crippen molar-refractivity contribution in [3.8, 4) is 0 Å². The van der Waals surface area contributed by atoms with Gasteiger partial charge >= 0.3 is 0 Å². The van der Waals surface area contributed by atoms with Crippen molar-refractivity contribution < 1.29 is 4.79 Å². The Balaban J connectivity index is 2.35. The van der Waals surface area contributed by atoms with Crippen LogP contribution in [0, 0.1) is 13.8 Å². The molecule has 0 bridgehead atoms. The second-order valence-electron chi connectivity index (χ2n) is 4.03. The Hall–Kier alpha value is -1.17. The average molecular weight is 317 g/mol. The zero-order valence-electron chi connectivity index (χ0n) is 10.2. The number of aryl methyl sites for hydroxylation is 2. The minimum absolute atomic E-state index is 0.0925. The molecule has 0 spiro atoms. The summed E-state index contributed by atoms with van der Waals surface area (Å²) in [5.74, 6) is 0.236. The largest absolute Gasteiger partial charge is 0.292 e. The molecule has 19 heavy (non-hydrogen) atoms. The first-order valence-corrected chi connectivity index (χ1v) is 6.99. The van der Waals surface area contributed by atoms with Crippen molar-refractivity contribution in [1.29, 1.82) is 0 Å². The molecule has 0 N–H and O–H groups in total. The highest BCUT2D eigenvalue weighted by Crippen LogP contribution is 2.31. The maximum absolute atomic E-state index is 12.1. The maximum Gasteiger partial charge on any atom is 0.254 e. The quantitative estimate of drug-likeness (QED) is 0.817. The molecule has 0 unspecified atom stereocenters. The number of Topliss-reactive ketones (excluding diaryl/α,β-unsaturated/α-hetero) is 1. The van der Waals surface area contributed by atoms with E-state index in [0.717, 1.165) is 11.3 Å². The van der Waals surface area contributed by atoms with Crippen LogP contribution in [0.2, 0.25) is 8.67 Å². The van der Waals surface area contributed by atoms with Gasteiger partial charge in [-0.25, -0.2) is 4.98 Å². The third-order valence-electron chi connectivity index (χ3n) is 2.59. The van der Waals surface area contributed by atoms with E-state index in [2.05, 4.69) is 4.98 Å². The normalized spacial score (nSPS) is 10.7. The first kappa shape index (κ1) is 14.2. The number of carbonyl (C=O) groups excluding carboxylic acids is 1. The summed E-state index contributed by atoms with van der Waals surface area (Å²) in [6.45, 7) is 3.32. The van der Waals surface area contributed by atoms with Gasteiger partial charge in [-0.1, -0.05) is 23.2 Å². The Morgan fingerprint density at radius 1 is 1.37 bits per heavy atom. The van der Waals surface area contributed by atoms with Gasteiger partial charge in [-0.2, -0.15) is 0 Å². The molecule has 0 aliphatic carbocycles. The van der Waals surface area contributed by atoms with E-state index in [0.29, 0.717) is 25.8 Å². The number of aromatic nitrogens is 2. The van der Waals surface area contributed by atoms with Crippen LogP contribution in [-0.2, 0) is 6.54 Å². The van der Waals surface area contributed by atoms with Crippen LogP contribution >= 0.6 is 34.5 Å². The zero-order valence-corrected chi connectivity index (χ0v) is 12.6. The maximum atomic E-state index is 12.1. The molecular weight excluding hydrogens is 307 g/mol. The Morgan fingerprint density at radius 3 is 2.58 bits per heavy atom. The van der Waals surface area contributed by atoms with Crippen molar-refractivity contribution in [3.63, 3.8) is 0 Å². The van der Waals surface area contributed by atoms with Crippen LogP contribution in [0.15, 0.2) is 16.9 Å². The molecule has 0 atom stereocenters. The van der Waals surface area contributed by atoms with E-state index in [4.69, 9.17) is 23.2 Å². The van der Waals surface area contributed by atoms with E-state index in [-0.39, 0.29) is 17.9 Å². The summed E-state index contributed by atoms with van der Waals surface area (Å²) in [4.78, 5) is 28.1. The van der Waals surface area contributed by atoms with Crippen molar-refractivity contribution >= 4 is 40.3 Å². The third kappa shape index (κ3) is 3.05. The Labute approximate surface area is 123 Å². The molecule has 2 rings (SSSR count). The number of thiophene rings is 1. The summed E-state index contributed by atoms with van der Waals surface area (Å²) >= 11 is 12.8. The van der Waals surface area contributed by atoms with Gasteiger partial charge in [0.1, 0.15) is 10.2 Å². The lowest BCUT2D eigenvalue weighted by Gasteiger charge is -2.08. The Bertz CT molecular complexity index is 706. The van der Waals surface area contributed by atoms with Crippen LogP contribution in [0.1, 0.15) is 21.9 Å². The van der Waals surface area contributed by atoms with Gasteiger partial charge in [0.15, 0.2) is 5.78 Å². The highest BCUT2D eigenvalue weighted by molar-refractivity contribution is 7.20. The monoisotopic (exact) mass is 316 g/mol. The highest BCUT2D eigenvalue weighted by atomic mass is 35.5. The number of halogens is 2. The molecule has 0 saturated carbocycles. The number of rotatable bonds is 3. The van der Waals surface area contributed by atoms with Gasteiger partial charge < -0.3 is 0 Å². The van der Waals surface area contributed by atoms with Crippen LogP contribution in [0.25, 0.3) is 0 Å². The predicted molar refractivity (Wildman–Crippen MR) is 76.6 cm³/mol. The van der Waals surface area contributed by atoms with Gasteiger partial charge in [-0.15, -0.1) is 11.3 Å². The van der Waals surface area contributed by atoms with E-state index in [1.807, 2.05) is 0 Å². The Kier molecular flexibility index (Phi) is 4.08. The van der Waals surface area contributed by atoms with Gasteiger partial charge in [-0.05, 0) is 19.9 Å². The first-order chi connectivity index (χ1) is 8.88. The second-order valence-corrected chi connectivity index (χ2v) is 6.32. The molecule has 7 heteroatoms. The predicted octanol–water partition coefficient (Wildman–Crippen LogP) is 3.11. The van der Waals surface area contributed by atoms with Crippen LogP contribution in [0.5, 0.6) is 0 Å². The molecule has 0 aromatic carbocycles. The molecule has 0 aliphatic heterocycles. The van der Waals surface area contributed by atoms with E-state index in [9.17, 15) is 9.59 Å². The van der Waals surface area contributed by atoms with E-state index < -0.39 is 0 Å². The van der Waals surface area contributed by atoms with Gasteiger partial charge in [0.2, 0.25) is 0 Å². The first-order valence-electron chi connectivity index (χ1n) is 5.41. The minimum Gasteiger partial charge on any atom is -0.292 e. The van der Waals surface area contributed by atoms with E-state index >= 15 is 0 Å². The van der Waals surface area contributed by atoms with Crippen molar-refractivity contribution in [2.24, 2.45) is 0 Å². The van der Waals surface area contributed by atoms with Gasteiger partial charge in [-0.3, -0.25) is 14.2 Å². The molecule has 0 fully saturated rings. The lowest BCUT2D eigenvalue weighted by molar-refractivity contribution is 0.0970. The number of hydrogen-bond acceptors (Lipinski definition) is 4. The standard InChI is InChI=1S/C12H10Cl2N2O2S/c1-6-3-11(18)16(7(2)15-6)5-9(17)8-4-10(13)19-12(8)14/h3-4H,5H2,1-2H3. The SMILES string of the molecule is Cc1cc(=O)n(CC(=O)c2cc(Cl)sc2Cl)c(C)n1. The van der Waals surface area contributed by atoms with Gasteiger partial charge in [0, 0.05) is 11.8 Å². The van der Waals surface area contributed by atoms with Gasteiger partial charge in [0.25, 0.3) is 5.56 Å². The molecule has 2 heterocycles. The summed E-state index contributed by atoms with van der Waals surface area (Å²) in [5.41, 5.74) is 0.710. The smallest absolute Gasteiger partial charge is 0.254 e. The topological polar surface area (TPSA) is 52.0 Å². The summed E-state index contributed by atoms with van der Waals surface area (Å²) in [6.07, 6.45) is 0. The summed E-state index contributed by atoms with van der Waals surface area (Å²) in [7, 11) is 0. The molecule has 2 aromatic rings. The van der Waals surface area contributed by atoms with Crippen molar-refractivity contribution in [1.82, 2.24) is 9.55 Å².